The number of carbonyl (C=O) groups excluding carboxylic acids is 1. The summed E-state index contributed by atoms with van der Waals surface area (Å²) in [4.78, 5) is 14.8. The Labute approximate surface area is 144 Å². The Hall–Kier alpha value is -1.37. The maximum absolute atomic E-state index is 12.3. The number of rotatable bonds is 5. The first-order valence-electron chi connectivity index (χ1n) is 8.05. The van der Waals surface area contributed by atoms with Gasteiger partial charge in [-0.3, -0.25) is 4.79 Å². The average molecular weight is 380 g/mol. The van der Waals surface area contributed by atoms with Crippen molar-refractivity contribution in [1.29, 1.82) is 0 Å². The molecule has 1 aromatic carbocycles. The molecule has 6 heteroatoms. The quantitative estimate of drug-likeness (QED) is 0.783. The van der Waals surface area contributed by atoms with Gasteiger partial charge in [0.15, 0.2) is 5.76 Å². The van der Waals surface area contributed by atoms with Crippen molar-refractivity contribution in [2.75, 3.05) is 39.3 Å². The Morgan fingerprint density at radius 3 is 2.96 bits per heavy atom. The standard InChI is InChI=1S/C17H22BrN3O2/c1-12-14-11-13(18)3-4-15(14)23-16(12)17(22)20-5-2-8-21-9-6-19-7-10-21/h3-4,11,19H,2,5-10H2,1H3,(H,20,22). The number of fused-ring (bicyclic) bond motifs is 1. The Bertz CT molecular complexity index is 692. The van der Waals surface area contributed by atoms with Crippen LogP contribution in [0, 0.1) is 6.92 Å². The lowest BCUT2D eigenvalue weighted by atomic mass is 10.1. The summed E-state index contributed by atoms with van der Waals surface area (Å²) in [5, 5.41) is 7.29. The van der Waals surface area contributed by atoms with Crippen LogP contribution in [-0.4, -0.2) is 50.1 Å². The number of benzene rings is 1. The number of furan rings is 1. The second kappa shape index (κ2) is 7.47. The molecule has 2 aromatic rings. The van der Waals surface area contributed by atoms with Crippen molar-refractivity contribution in [1.82, 2.24) is 15.5 Å². The first-order chi connectivity index (χ1) is 11.1. The third-order valence-corrected chi connectivity index (χ3v) is 4.74. The van der Waals surface area contributed by atoms with Gasteiger partial charge in [-0.15, -0.1) is 0 Å². The normalized spacial score (nSPS) is 15.9. The zero-order valence-corrected chi connectivity index (χ0v) is 14.9. The van der Waals surface area contributed by atoms with Crippen LogP contribution >= 0.6 is 15.9 Å². The van der Waals surface area contributed by atoms with Gasteiger partial charge in [-0.1, -0.05) is 15.9 Å². The second-order valence-electron chi connectivity index (χ2n) is 5.90. The van der Waals surface area contributed by atoms with Crippen molar-refractivity contribution >= 4 is 32.8 Å². The van der Waals surface area contributed by atoms with E-state index < -0.39 is 0 Å². The van der Waals surface area contributed by atoms with Crippen LogP contribution in [0.5, 0.6) is 0 Å². The molecule has 0 unspecified atom stereocenters. The molecular weight excluding hydrogens is 358 g/mol. The number of hydrogen-bond donors (Lipinski definition) is 2. The number of nitrogens with one attached hydrogen (secondary N) is 2. The summed E-state index contributed by atoms with van der Waals surface area (Å²) in [5.41, 5.74) is 1.64. The molecule has 1 aliphatic heterocycles. The third-order valence-electron chi connectivity index (χ3n) is 4.25. The molecule has 1 aromatic heterocycles. The summed E-state index contributed by atoms with van der Waals surface area (Å²) in [5.74, 6) is 0.287. The molecule has 2 heterocycles. The first kappa shape index (κ1) is 16.5. The zero-order chi connectivity index (χ0) is 16.2. The van der Waals surface area contributed by atoms with Gasteiger partial charge in [-0.25, -0.2) is 0 Å². The van der Waals surface area contributed by atoms with Crippen molar-refractivity contribution in [3.05, 3.63) is 34.0 Å². The molecule has 5 nitrogen and oxygen atoms in total. The van der Waals surface area contributed by atoms with Crippen LogP contribution < -0.4 is 10.6 Å². The largest absolute Gasteiger partial charge is 0.451 e. The number of nitrogens with zero attached hydrogens (tertiary/aromatic N) is 1. The predicted molar refractivity (Wildman–Crippen MR) is 94.9 cm³/mol. The van der Waals surface area contributed by atoms with Crippen LogP contribution in [0.25, 0.3) is 11.0 Å². The maximum Gasteiger partial charge on any atom is 0.287 e. The molecule has 1 fully saturated rings. The van der Waals surface area contributed by atoms with Crippen molar-refractivity contribution in [3.8, 4) is 0 Å². The molecule has 0 radical (unpaired) electrons. The molecule has 23 heavy (non-hydrogen) atoms. The van der Waals surface area contributed by atoms with Gasteiger partial charge >= 0.3 is 0 Å². The van der Waals surface area contributed by atoms with Gasteiger partial charge in [-0.2, -0.15) is 0 Å². The van der Waals surface area contributed by atoms with Gasteiger partial charge in [-0.05, 0) is 38.1 Å². The van der Waals surface area contributed by atoms with E-state index in [1.165, 1.54) is 0 Å². The number of carbonyl (C=O) groups is 1. The van der Waals surface area contributed by atoms with E-state index in [-0.39, 0.29) is 5.91 Å². The molecule has 0 spiro atoms. The molecular formula is C17H22BrN3O2. The average Bonchev–Trinajstić information content (AvgIpc) is 2.89. The minimum absolute atomic E-state index is 0.130. The molecule has 0 aliphatic carbocycles. The highest BCUT2D eigenvalue weighted by atomic mass is 79.9. The van der Waals surface area contributed by atoms with E-state index in [2.05, 4.69) is 31.5 Å². The van der Waals surface area contributed by atoms with Gasteiger partial charge in [0.25, 0.3) is 5.91 Å². The highest BCUT2D eigenvalue weighted by Crippen LogP contribution is 2.27. The number of hydrogen-bond acceptors (Lipinski definition) is 4. The van der Waals surface area contributed by atoms with Gasteiger partial charge in [0, 0.05) is 48.1 Å². The Balaban J connectivity index is 1.55. The van der Waals surface area contributed by atoms with E-state index in [4.69, 9.17) is 4.42 Å². The number of piperazine rings is 1. The van der Waals surface area contributed by atoms with Gasteiger partial charge in [0.05, 0.1) is 0 Å². The molecule has 3 rings (SSSR count). The van der Waals surface area contributed by atoms with Crippen LogP contribution in [0.1, 0.15) is 22.5 Å². The van der Waals surface area contributed by atoms with Gasteiger partial charge in [0.2, 0.25) is 0 Å². The SMILES string of the molecule is Cc1c(C(=O)NCCCN2CCNCC2)oc2ccc(Br)cc12. The smallest absolute Gasteiger partial charge is 0.287 e. The first-order valence-corrected chi connectivity index (χ1v) is 8.84. The van der Waals surface area contributed by atoms with E-state index in [9.17, 15) is 4.79 Å². The highest BCUT2D eigenvalue weighted by Gasteiger charge is 2.17. The lowest BCUT2D eigenvalue weighted by Crippen LogP contribution is -2.44. The van der Waals surface area contributed by atoms with Crippen LogP contribution in [0.4, 0.5) is 0 Å². The van der Waals surface area contributed by atoms with E-state index in [0.29, 0.717) is 12.3 Å². The van der Waals surface area contributed by atoms with Crippen molar-refractivity contribution < 1.29 is 9.21 Å². The zero-order valence-electron chi connectivity index (χ0n) is 13.3. The summed E-state index contributed by atoms with van der Waals surface area (Å²) in [7, 11) is 0. The highest BCUT2D eigenvalue weighted by molar-refractivity contribution is 9.10. The summed E-state index contributed by atoms with van der Waals surface area (Å²) in [6.45, 7) is 7.90. The predicted octanol–water partition coefficient (Wildman–Crippen LogP) is 2.53. The minimum Gasteiger partial charge on any atom is -0.451 e. The number of amides is 1. The molecule has 1 aliphatic rings. The Kier molecular flexibility index (Phi) is 5.35. The second-order valence-corrected chi connectivity index (χ2v) is 6.81. The Morgan fingerprint density at radius 2 is 2.17 bits per heavy atom. The summed E-state index contributed by atoms with van der Waals surface area (Å²) >= 11 is 3.45. The summed E-state index contributed by atoms with van der Waals surface area (Å²) in [6, 6.07) is 5.78. The van der Waals surface area contributed by atoms with Gasteiger partial charge in [0.1, 0.15) is 5.58 Å². The fourth-order valence-electron chi connectivity index (χ4n) is 2.93. The lowest BCUT2D eigenvalue weighted by molar-refractivity contribution is 0.0925. The lowest BCUT2D eigenvalue weighted by Gasteiger charge is -2.26. The molecule has 0 bridgehead atoms. The molecule has 124 valence electrons. The number of aryl methyl sites for hydroxylation is 1. The summed E-state index contributed by atoms with van der Waals surface area (Å²) in [6.07, 6.45) is 0.955. The fraction of sp³-hybridized carbons (Fsp3) is 0.471. The van der Waals surface area contributed by atoms with E-state index >= 15 is 0 Å². The summed E-state index contributed by atoms with van der Waals surface area (Å²) < 4.78 is 6.69. The molecule has 0 atom stereocenters. The molecule has 2 N–H and O–H groups in total. The van der Waals surface area contributed by atoms with E-state index in [1.54, 1.807) is 0 Å². The van der Waals surface area contributed by atoms with E-state index in [1.807, 2.05) is 25.1 Å². The maximum atomic E-state index is 12.3. The van der Waals surface area contributed by atoms with Crippen molar-refractivity contribution in [3.63, 3.8) is 0 Å². The van der Waals surface area contributed by atoms with Crippen LogP contribution in [0.3, 0.4) is 0 Å². The fourth-order valence-corrected chi connectivity index (χ4v) is 3.29. The van der Waals surface area contributed by atoms with Crippen molar-refractivity contribution in [2.45, 2.75) is 13.3 Å². The van der Waals surface area contributed by atoms with Gasteiger partial charge < -0.3 is 20.0 Å². The minimum atomic E-state index is -0.130. The molecule has 1 saturated heterocycles. The Morgan fingerprint density at radius 1 is 1.39 bits per heavy atom. The monoisotopic (exact) mass is 379 g/mol. The number of halogens is 1. The molecule has 0 saturated carbocycles. The van der Waals surface area contributed by atoms with Crippen molar-refractivity contribution in [2.24, 2.45) is 0 Å². The van der Waals surface area contributed by atoms with Crippen LogP contribution in [0.2, 0.25) is 0 Å². The van der Waals surface area contributed by atoms with Crippen LogP contribution in [0.15, 0.2) is 27.1 Å². The van der Waals surface area contributed by atoms with Crippen LogP contribution in [-0.2, 0) is 0 Å². The van der Waals surface area contributed by atoms with E-state index in [0.717, 1.165) is 60.2 Å². The topological polar surface area (TPSA) is 57.5 Å². The molecule has 1 amide bonds. The third kappa shape index (κ3) is 3.94.